The molecule has 1 aliphatic heterocycles. The Bertz CT molecular complexity index is 365. The van der Waals surface area contributed by atoms with Gasteiger partial charge >= 0.3 is 0 Å². The highest BCUT2D eigenvalue weighted by Gasteiger charge is 2.31. The van der Waals surface area contributed by atoms with Gasteiger partial charge in [-0.3, -0.25) is 4.79 Å². The minimum atomic E-state index is -0.259. The first kappa shape index (κ1) is 9.89. The SMILES string of the molecule is CC(n1sccc1=O)[N+]1([O-])CCCC1. The molecular formula is C9H14N2O2S. The summed E-state index contributed by atoms with van der Waals surface area (Å²) in [6.07, 6.45) is 1.70. The van der Waals surface area contributed by atoms with Crippen molar-refractivity contribution in [1.82, 2.24) is 3.96 Å². The molecule has 0 amide bonds. The van der Waals surface area contributed by atoms with Gasteiger partial charge in [0.05, 0.1) is 13.1 Å². The van der Waals surface area contributed by atoms with E-state index in [0.29, 0.717) is 13.1 Å². The first-order chi connectivity index (χ1) is 6.63. The fourth-order valence-corrected chi connectivity index (χ4v) is 2.81. The second-order valence-corrected chi connectivity index (χ2v) is 4.69. The number of hydroxylamine groups is 3. The van der Waals surface area contributed by atoms with Gasteiger partial charge in [0, 0.05) is 31.2 Å². The zero-order chi connectivity index (χ0) is 10.2. The van der Waals surface area contributed by atoms with E-state index in [0.717, 1.165) is 12.8 Å². The number of hydrogen-bond donors (Lipinski definition) is 0. The van der Waals surface area contributed by atoms with E-state index in [9.17, 15) is 10.0 Å². The lowest BCUT2D eigenvalue weighted by atomic mass is 10.4. The molecule has 1 aliphatic rings. The normalized spacial score (nSPS) is 22.4. The molecule has 1 aromatic rings. The summed E-state index contributed by atoms with van der Waals surface area (Å²) in [5.41, 5.74) is -0.0530. The Morgan fingerprint density at radius 2 is 2.21 bits per heavy atom. The minimum absolute atomic E-state index is 0.0530. The van der Waals surface area contributed by atoms with E-state index in [2.05, 4.69) is 0 Å². The Kier molecular flexibility index (Phi) is 2.47. The fourth-order valence-electron chi connectivity index (χ4n) is 1.99. The van der Waals surface area contributed by atoms with Crippen LogP contribution in [0.3, 0.4) is 0 Å². The number of quaternary nitrogens is 1. The zero-order valence-corrected chi connectivity index (χ0v) is 9.00. The molecule has 0 N–H and O–H groups in total. The van der Waals surface area contributed by atoms with Crippen LogP contribution in [0.15, 0.2) is 16.2 Å². The van der Waals surface area contributed by atoms with Crippen LogP contribution in [0.2, 0.25) is 0 Å². The fraction of sp³-hybridized carbons (Fsp3) is 0.667. The van der Waals surface area contributed by atoms with Crippen molar-refractivity contribution >= 4 is 11.5 Å². The van der Waals surface area contributed by atoms with Crippen molar-refractivity contribution in [2.24, 2.45) is 0 Å². The maximum absolute atomic E-state index is 12.2. The van der Waals surface area contributed by atoms with Crippen LogP contribution < -0.4 is 5.56 Å². The Hall–Kier alpha value is -0.650. The molecule has 2 heterocycles. The third-order valence-corrected chi connectivity index (χ3v) is 3.92. The van der Waals surface area contributed by atoms with Gasteiger partial charge in [-0.25, -0.2) is 3.96 Å². The third kappa shape index (κ3) is 1.51. The van der Waals surface area contributed by atoms with Gasteiger partial charge in [0.1, 0.15) is 0 Å². The van der Waals surface area contributed by atoms with Crippen LogP contribution >= 0.6 is 11.5 Å². The summed E-state index contributed by atoms with van der Waals surface area (Å²) in [4.78, 5) is 11.4. The average molecular weight is 214 g/mol. The van der Waals surface area contributed by atoms with Crippen LogP contribution in [-0.4, -0.2) is 21.7 Å². The molecule has 0 radical (unpaired) electrons. The third-order valence-electron chi connectivity index (χ3n) is 2.95. The molecule has 2 rings (SSSR count). The number of nitrogens with zero attached hydrogens (tertiary/aromatic N) is 2. The molecule has 0 spiro atoms. The van der Waals surface area contributed by atoms with E-state index >= 15 is 0 Å². The van der Waals surface area contributed by atoms with Crippen LogP contribution in [-0.2, 0) is 0 Å². The average Bonchev–Trinajstić information content (AvgIpc) is 2.74. The summed E-state index contributed by atoms with van der Waals surface area (Å²) in [5.74, 6) is 0. The van der Waals surface area contributed by atoms with Crippen LogP contribution in [0.1, 0.15) is 25.9 Å². The van der Waals surface area contributed by atoms with Gasteiger partial charge in [0.2, 0.25) is 0 Å². The van der Waals surface area contributed by atoms with Gasteiger partial charge in [-0.05, 0) is 0 Å². The molecule has 4 nitrogen and oxygen atoms in total. The minimum Gasteiger partial charge on any atom is -0.631 e. The lowest BCUT2D eigenvalue weighted by molar-refractivity contribution is -0.907. The maximum Gasteiger partial charge on any atom is 0.265 e. The number of hydrogen-bond acceptors (Lipinski definition) is 3. The second kappa shape index (κ2) is 3.49. The molecule has 78 valence electrons. The van der Waals surface area contributed by atoms with Gasteiger partial charge in [0.15, 0.2) is 6.17 Å². The van der Waals surface area contributed by atoms with Crippen LogP contribution in [0.5, 0.6) is 0 Å². The maximum atomic E-state index is 12.2. The molecule has 1 unspecified atom stereocenters. The van der Waals surface area contributed by atoms with Gasteiger partial charge in [-0.1, -0.05) is 11.5 Å². The van der Waals surface area contributed by atoms with Crippen molar-refractivity contribution in [2.45, 2.75) is 25.9 Å². The van der Waals surface area contributed by atoms with Crippen LogP contribution in [0.25, 0.3) is 0 Å². The predicted molar refractivity (Wildman–Crippen MR) is 55.9 cm³/mol. The lowest BCUT2D eigenvalue weighted by Crippen LogP contribution is -2.45. The monoisotopic (exact) mass is 214 g/mol. The summed E-state index contributed by atoms with van der Waals surface area (Å²) in [5, 5.41) is 14.0. The van der Waals surface area contributed by atoms with Crippen molar-refractivity contribution < 1.29 is 4.65 Å². The topological polar surface area (TPSA) is 45.1 Å². The first-order valence-electron chi connectivity index (χ1n) is 4.88. The van der Waals surface area contributed by atoms with Crippen LogP contribution in [0.4, 0.5) is 0 Å². The Balaban J connectivity index is 2.27. The van der Waals surface area contributed by atoms with E-state index in [1.165, 1.54) is 17.6 Å². The molecule has 0 aliphatic carbocycles. The molecule has 1 aromatic heterocycles. The molecule has 14 heavy (non-hydrogen) atoms. The van der Waals surface area contributed by atoms with Crippen molar-refractivity contribution in [3.8, 4) is 0 Å². The van der Waals surface area contributed by atoms with E-state index in [1.54, 1.807) is 9.34 Å². The van der Waals surface area contributed by atoms with Crippen molar-refractivity contribution in [2.75, 3.05) is 13.1 Å². The summed E-state index contributed by atoms with van der Waals surface area (Å²) in [6.45, 7) is 3.13. The van der Waals surface area contributed by atoms with Gasteiger partial charge < -0.3 is 9.85 Å². The molecule has 1 atom stereocenters. The molecule has 0 saturated carbocycles. The molecule has 0 aromatic carbocycles. The van der Waals surface area contributed by atoms with Crippen molar-refractivity contribution in [1.29, 1.82) is 0 Å². The van der Waals surface area contributed by atoms with Crippen molar-refractivity contribution in [3.05, 3.63) is 27.0 Å². The largest absolute Gasteiger partial charge is 0.631 e. The predicted octanol–water partition coefficient (Wildman–Crippen LogP) is 1.54. The van der Waals surface area contributed by atoms with Crippen molar-refractivity contribution in [3.63, 3.8) is 0 Å². The Labute approximate surface area is 86.7 Å². The molecule has 1 saturated heterocycles. The number of aromatic nitrogens is 1. The highest BCUT2D eigenvalue weighted by Crippen LogP contribution is 2.28. The second-order valence-electron chi connectivity index (χ2n) is 3.81. The number of likely N-dealkylation sites (tertiary alicyclic amines) is 1. The van der Waals surface area contributed by atoms with Gasteiger partial charge in [-0.2, -0.15) is 0 Å². The van der Waals surface area contributed by atoms with Gasteiger partial charge in [0.25, 0.3) is 5.56 Å². The lowest BCUT2D eigenvalue weighted by Gasteiger charge is -2.43. The summed E-state index contributed by atoms with van der Waals surface area (Å²) >= 11 is 1.33. The van der Waals surface area contributed by atoms with Crippen LogP contribution in [0, 0.1) is 5.21 Å². The summed E-state index contributed by atoms with van der Waals surface area (Å²) < 4.78 is 1.35. The first-order valence-corrected chi connectivity index (χ1v) is 5.71. The van der Waals surface area contributed by atoms with E-state index < -0.39 is 0 Å². The van der Waals surface area contributed by atoms with E-state index in [1.807, 2.05) is 6.92 Å². The van der Waals surface area contributed by atoms with E-state index in [-0.39, 0.29) is 16.4 Å². The molecule has 1 fully saturated rings. The Morgan fingerprint density at radius 1 is 1.57 bits per heavy atom. The number of rotatable bonds is 2. The molecular weight excluding hydrogens is 200 g/mol. The zero-order valence-electron chi connectivity index (χ0n) is 8.18. The summed E-state index contributed by atoms with van der Waals surface area (Å²) in [6, 6.07) is 1.52. The smallest absolute Gasteiger partial charge is 0.265 e. The summed E-state index contributed by atoms with van der Waals surface area (Å²) in [7, 11) is 0. The van der Waals surface area contributed by atoms with E-state index in [4.69, 9.17) is 0 Å². The quantitative estimate of drug-likeness (QED) is 0.553. The standard InChI is InChI=1S/C9H14N2O2S/c1-8(10-9(12)4-7-14-10)11(13)5-2-3-6-11/h4,7-8H,2-3,5-6H2,1H3. The molecule has 5 heteroatoms. The molecule has 0 bridgehead atoms. The highest BCUT2D eigenvalue weighted by molar-refractivity contribution is 7.04. The Morgan fingerprint density at radius 3 is 2.71 bits per heavy atom. The van der Waals surface area contributed by atoms with Gasteiger partial charge in [-0.15, -0.1) is 0 Å². The highest BCUT2D eigenvalue weighted by atomic mass is 32.1.